The van der Waals surface area contributed by atoms with Crippen LogP contribution < -0.4 is 14.5 Å². The van der Waals surface area contributed by atoms with Crippen molar-refractivity contribution < 1.29 is 50.1 Å². The van der Waals surface area contributed by atoms with Gasteiger partial charge in [-0.15, -0.1) is 0 Å². The van der Waals surface area contributed by atoms with Crippen molar-refractivity contribution in [2.45, 2.75) is 90.9 Å². The molecule has 0 spiro atoms. The van der Waals surface area contributed by atoms with Gasteiger partial charge in [0.25, 0.3) is 13.7 Å². The average Bonchev–Trinajstić information content (AvgIpc) is 3.28. The number of halogens is 5. The Labute approximate surface area is 287 Å². The van der Waals surface area contributed by atoms with E-state index in [4.69, 9.17) is 16.3 Å². The lowest BCUT2D eigenvalue weighted by molar-refractivity contribution is -0.929. The monoisotopic (exact) mass is 724 g/mol. The van der Waals surface area contributed by atoms with E-state index >= 15 is 4.39 Å². The summed E-state index contributed by atoms with van der Waals surface area (Å²) in [5, 5.41) is 0.0345. The number of benzene rings is 2. The van der Waals surface area contributed by atoms with E-state index in [0.29, 0.717) is 17.0 Å². The Bertz CT molecular complexity index is 1340. The number of carbonyl (C=O) groups excluding carboxylic acids is 1. The minimum Gasteiger partial charge on any atom is -0.756 e. The number of phosphoric acid groups is 1. The number of quaternary nitrogens is 1. The van der Waals surface area contributed by atoms with E-state index in [9.17, 15) is 27.4 Å². The van der Waals surface area contributed by atoms with Crippen molar-refractivity contribution in [2.75, 3.05) is 52.0 Å². The second-order valence-electron chi connectivity index (χ2n) is 12.0. The van der Waals surface area contributed by atoms with Crippen molar-refractivity contribution in [3.63, 3.8) is 0 Å². The van der Waals surface area contributed by atoms with Crippen LogP contribution in [0.4, 0.5) is 23.2 Å². The van der Waals surface area contributed by atoms with Crippen molar-refractivity contribution in [3.8, 4) is 5.75 Å². The maximum Gasteiger partial charge on any atom is 0.416 e. The van der Waals surface area contributed by atoms with Crippen molar-refractivity contribution in [1.82, 2.24) is 0 Å². The molecule has 3 rings (SSSR count). The molecule has 0 bridgehead atoms. The van der Waals surface area contributed by atoms with Gasteiger partial charge >= 0.3 is 6.18 Å². The third-order valence-corrected chi connectivity index (χ3v) is 9.69. The van der Waals surface area contributed by atoms with Crippen LogP contribution in [-0.2, 0) is 30.3 Å². The largest absolute Gasteiger partial charge is 0.756 e. The van der Waals surface area contributed by atoms with Crippen LogP contribution in [0.15, 0.2) is 36.4 Å². The number of amides is 1. The van der Waals surface area contributed by atoms with Gasteiger partial charge in [-0.3, -0.25) is 18.8 Å². The number of fused-ring (bicyclic) bond motifs is 1. The Morgan fingerprint density at radius 2 is 1.40 bits per heavy atom. The first-order chi connectivity index (χ1) is 22.6. The summed E-state index contributed by atoms with van der Waals surface area (Å²) in [5.74, 6) is -1.49. The standard InChI is InChI=1S/C18H15ClF4NO6P.C16H36N/c1-28-15-6-4-11(19)8-13(15)17(20)12-5-3-10(18(21,22)23)7-14(12)24(16(17)25)9-30-31(26,27)29-2;1-5-9-13-17(14-10-6-2,15-11-7-3)16-12-8-4/h3-8H,9H2,1-2H3,(H,26,27);5-16H2,1-4H3/q;+1/p-1/t17-;/m0./s1. The number of carbonyl (C=O) groups is 1. The quantitative estimate of drug-likeness (QED) is 0.0867. The second kappa shape index (κ2) is 18.7. The molecule has 2 aromatic carbocycles. The predicted molar refractivity (Wildman–Crippen MR) is 179 cm³/mol. The number of anilines is 1. The lowest BCUT2D eigenvalue weighted by Crippen LogP contribution is -2.50. The first-order valence-corrected chi connectivity index (χ1v) is 18.4. The zero-order chi connectivity index (χ0) is 36.2. The Balaban J connectivity index is 0.000000401. The summed E-state index contributed by atoms with van der Waals surface area (Å²) in [6.45, 7) is 13.9. The molecule has 48 heavy (non-hydrogen) atoms. The van der Waals surface area contributed by atoms with Crippen LogP contribution in [-0.4, -0.2) is 57.5 Å². The highest BCUT2D eigenvalue weighted by Crippen LogP contribution is 2.52. The summed E-state index contributed by atoms with van der Waals surface area (Å²) in [6, 6.07) is 5.67. The number of alkyl halides is 4. The van der Waals surface area contributed by atoms with Crippen molar-refractivity contribution in [2.24, 2.45) is 0 Å². The van der Waals surface area contributed by atoms with Gasteiger partial charge in [0.05, 0.1) is 44.5 Å². The molecule has 1 unspecified atom stereocenters. The highest BCUT2D eigenvalue weighted by molar-refractivity contribution is 7.45. The normalized spacial score (nSPS) is 17.5. The molecule has 2 atom stereocenters. The van der Waals surface area contributed by atoms with Gasteiger partial charge in [0.15, 0.2) is 0 Å². The highest BCUT2D eigenvalue weighted by atomic mass is 35.5. The molecule has 0 radical (unpaired) electrons. The molecule has 0 aromatic heterocycles. The van der Waals surface area contributed by atoms with Crippen LogP contribution in [0.25, 0.3) is 0 Å². The van der Waals surface area contributed by atoms with Crippen molar-refractivity contribution in [3.05, 3.63) is 58.1 Å². The molecule has 0 N–H and O–H groups in total. The van der Waals surface area contributed by atoms with Gasteiger partial charge < -0.3 is 18.6 Å². The van der Waals surface area contributed by atoms with E-state index < -0.39 is 49.1 Å². The summed E-state index contributed by atoms with van der Waals surface area (Å²) in [4.78, 5) is 25.0. The van der Waals surface area contributed by atoms with Gasteiger partial charge in [0.1, 0.15) is 12.5 Å². The molecule has 14 heteroatoms. The summed E-state index contributed by atoms with van der Waals surface area (Å²) in [6.07, 6.45) is 6.26. The highest BCUT2D eigenvalue weighted by Gasteiger charge is 2.55. The molecule has 0 saturated heterocycles. The molecule has 272 valence electrons. The summed E-state index contributed by atoms with van der Waals surface area (Å²) in [7, 11) is -2.89. The minimum absolute atomic E-state index is 0.0345. The number of hydrogen-bond acceptors (Lipinski definition) is 6. The molecular formula is C34H50ClF4N2O6P. The fraction of sp³-hybridized carbons (Fsp3) is 0.618. The first-order valence-electron chi connectivity index (χ1n) is 16.5. The van der Waals surface area contributed by atoms with Gasteiger partial charge in [-0.25, -0.2) is 4.39 Å². The number of unbranched alkanes of at least 4 members (excludes halogenated alkanes) is 4. The molecule has 2 aromatic rings. The lowest BCUT2D eigenvalue weighted by Gasteiger charge is -2.39. The summed E-state index contributed by atoms with van der Waals surface area (Å²) < 4.78 is 82.7. The van der Waals surface area contributed by atoms with Gasteiger partial charge in [0, 0.05) is 23.3 Å². The van der Waals surface area contributed by atoms with Crippen molar-refractivity contribution >= 4 is 31.0 Å². The van der Waals surface area contributed by atoms with Gasteiger partial charge in [0.2, 0.25) is 5.67 Å². The molecule has 1 aliphatic heterocycles. The van der Waals surface area contributed by atoms with E-state index in [-0.39, 0.29) is 16.3 Å². The van der Waals surface area contributed by atoms with Crippen LogP contribution in [0.3, 0.4) is 0 Å². The number of rotatable bonds is 18. The fourth-order valence-corrected chi connectivity index (χ4v) is 6.33. The maximum absolute atomic E-state index is 16.4. The van der Waals surface area contributed by atoms with E-state index in [1.54, 1.807) is 0 Å². The summed E-state index contributed by atoms with van der Waals surface area (Å²) in [5.41, 5.74) is -5.57. The molecule has 1 amide bonds. The smallest absolute Gasteiger partial charge is 0.416 e. The predicted octanol–water partition coefficient (Wildman–Crippen LogP) is 9.02. The van der Waals surface area contributed by atoms with E-state index in [1.165, 1.54) is 101 Å². The number of methoxy groups -OCH3 is 1. The molecule has 8 nitrogen and oxygen atoms in total. The Kier molecular flexibility index (Phi) is 16.3. The van der Waals surface area contributed by atoms with Crippen LogP contribution >= 0.6 is 19.4 Å². The van der Waals surface area contributed by atoms with Crippen LogP contribution in [0.1, 0.15) is 95.8 Å². The Morgan fingerprint density at radius 1 is 0.875 bits per heavy atom. The third-order valence-electron chi connectivity index (χ3n) is 8.57. The first kappa shape index (κ1) is 42.0. The zero-order valence-electron chi connectivity index (χ0n) is 28.8. The lowest BCUT2D eigenvalue weighted by atomic mass is 9.88. The number of nitrogens with zero attached hydrogens (tertiary/aromatic N) is 2. The number of hydrogen-bond donors (Lipinski definition) is 0. The number of ether oxygens (including phenoxy) is 1. The Morgan fingerprint density at radius 3 is 1.83 bits per heavy atom. The SMILES string of the molecule is CCCC[N+](CCCC)(CCCC)CCCC.COc1ccc(Cl)cc1[C@]1(F)C(=O)N(COP(=O)([O-])OC)c2cc(C(F)(F)F)ccc21. The minimum atomic E-state index is -4.88. The molecule has 0 fully saturated rings. The van der Waals surface area contributed by atoms with E-state index in [0.717, 1.165) is 19.2 Å². The van der Waals surface area contributed by atoms with Gasteiger partial charge in [-0.2, -0.15) is 13.2 Å². The van der Waals surface area contributed by atoms with Crippen LogP contribution in [0, 0.1) is 0 Å². The van der Waals surface area contributed by atoms with E-state index in [2.05, 4.69) is 36.7 Å². The van der Waals surface area contributed by atoms with Crippen LogP contribution in [0.2, 0.25) is 5.02 Å². The topological polar surface area (TPSA) is 88.1 Å². The molecule has 0 aliphatic carbocycles. The van der Waals surface area contributed by atoms with E-state index in [1.807, 2.05) is 0 Å². The number of phosphoric ester groups is 1. The Hall–Kier alpha value is -2.21. The molecule has 0 saturated carbocycles. The average molecular weight is 725 g/mol. The molecule has 1 aliphatic rings. The second-order valence-corrected chi connectivity index (χ2v) is 14.0. The molecular weight excluding hydrogens is 675 g/mol. The zero-order valence-corrected chi connectivity index (χ0v) is 30.5. The maximum atomic E-state index is 16.4. The summed E-state index contributed by atoms with van der Waals surface area (Å²) >= 11 is 5.93. The third kappa shape index (κ3) is 10.6. The van der Waals surface area contributed by atoms with Gasteiger partial charge in [-0.05, 0) is 56.0 Å². The molecule has 1 heterocycles. The van der Waals surface area contributed by atoms with Crippen LogP contribution in [0.5, 0.6) is 5.75 Å². The van der Waals surface area contributed by atoms with Crippen molar-refractivity contribution in [1.29, 1.82) is 0 Å². The fourth-order valence-electron chi connectivity index (χ4n) is 5.80. The van der Waals surface area contributed by atoms with Gasteiger partial charge in [-0.1, -0.05) is 71.0 Å².